The van der Waals surface area contributed by atoms with E-state index in [1.807, 2.05) is 58.3 Å². The number of hydrogen-bond donors (Lipinski definition) is 2. The highest BCUT2D eigenvalue weighted by Gasteiger charge is 2.32. The highest BCUT2D eigenvalue weighted by Crippen LogP contribution is 2.30. The number of unbranched alkanes of at least 4 members (excludes halogenated alkanes) is 4. The average Bonchev–Trinajstić information content (AvgIpc) is 2.67. The van der Waals surface area contributed by atoms with Gasteiger partial charge in [0.1, 0.15) is 0 Å². The van der Waals surface area contributed by atoms with Crippen LogP contribution >= 0.6 is 0 Å². The molecule has 0 aliphatic carbocycles. The second kappa shape index (κ2) is 34.1. The number of amides is 4. The summed E-state index contributed by atoms with van der Waals surface area (Å²) in [5.74, 6) is -2.00. The number of benzene rings is 6. The number of piperidine rings is 2. The van der Waals surface area contributed by atoms with Gasteiger partial charge in [-0.15, -0.1) is 0 Å². The highest BCUT2D eigenvalue weighted by molar-refractivity contribution is 6.05. The van der Waals surface area contributed by atoms with Crippen LogP contribution in [0.2, 0.25) is 0 Å². The third-order valence-electron chi connectivity index (χ3n) is 17.2. The summed E-state index contributed by atoms with van der Waals surface area (Å²) in [6.07, 6.45) is 10.7. The number of halogens is 5. The Kier molecular flexibility index (Phi) is 26.5. The number of anilines is 2. The quantitative estimate of drug-likeness (QED) is 0.0414. The van der Waals surface area contributed by atoms with E-state index in [-0.39, 0.29) is 40.6 Å². The third-order valence-corrected chi connectivity index (χ3v) is 17.2. The Hall–Kier alpha value is -7.23. The molecule has 2 aliphatic heterocycles. The molecule has 0 saturated carbocycles. The predicted octanol–water partition coefficient (Wildman–Crippen LogP) is 17.3. The Bertz CT molecular complexity index is 3170. The summed E-state index contributed by atoms with van der Waals surface area (Å²) in [6.45, 7) is 21.8. The molecule has 6 aromatic carbocycles. The van der Waals surface area contributed by atoms with Crippen LogP contribution in [0.3, 0.4) is 0 Å². The summed E-state index contributed by atoms with van der Waals surface area (Å²) in [7, 11) is 0. The summed E-state index contributed by atoms with van der Waals surface area (Å²) in [5.41, 5.74) is 5.90. The second-order valence-electron chi connectivity index (χ2n) is 25.1. The molecule has 0 aromatic heterocycles. The Morgan fingerprint density at radius 1 is 0.494 bits per heavy atom. The fourth-order valence-corrected chi connectivity index (χ4v) is 11.5. The summed E-state index contributed by atoms with van der Waals surface area (Å²) >= 11 is 0. The molecule has 478 valence electrons. The number of nitrogens with one attached hydrogen (secondary N) is 2. The van der Waals surface area contributed by atoms with E-state index in [2.05, 4.69) is 86.2 Å². The van der Waals surface area contributed by atoms with Crippen LogP contribution in [0, 0.1) is 30.4 Å². The van der Waals surface area contributed by atoms with Crippen LogP contribution in [0.25, 0.3) is 0 Å². The van der Waals surface area contributed by atoms with Crippen LogP contribution in [0.1, 0.15) is 193 Å². The molecule has 0 bridgehead atoms. The van der Waals surface area contributed by atoms with E-state index < -0.39 is 35.2 Å². The normalized spacial score (nSPS) is 14.3. The Morgan fingerprint density at radius 2 is 0.876 bits per heavy atom. The van der Waals surface area contributed by atoms with Crippen molar-refractivity contribution in [1.29, 1.82) is 0 Å². The summed E-state index contributed by atoms with van der Waals surface area (Å²) in [5, 5.41) is 5.41. The van der Waals surface area contributed by atoms with E-state index in [0.29, 0.717) is 47.4 Å². The average molecular weight is 1230 g/mol. The molecular formula is C74H93F5N6O4. The highest BCUT2D eigenvalue weighted by atomic mass is 19.4. The molecule has 2 saturated heterocycles. The van der Waals surface area contributed by atoms with Crippen LogP contribution in [0.5, 0.6) is 0 Å². The fourth-order valence-electron chi connectivity index (χ4n) is 11.5. The number of hydrogen-bond acceptors (Lipinski definition) is 6. The summed E-state index contributed by atoms with van der Waals surface area (Å²) in [6, 6.07) is 37.7. The van der Waals surface area contributed by atoms with Gasteiger partial charge in [-0.05, 0) is 203 Å². The van der Waals surface area contributed by atoms with Gasteiger partial charge in [0.2, 0.25) is 0 Å². The van der Waals surface area contributed by atoms with Gasteiger partial charge >= 0.3 is 6.18 Å². The van der Waals surface area contributed by atoms with E-state index in [9.17, 15) is 41.1 Å². The van der Waals surface area contributed by atoms with E-state index in [4.69, 9.17) is 0 Å². The van der Waals surface area contributed by atoms with Gasteiger partial charge in [0, 0.05) is 79.4 Å². The number of rotatable bonds is 26. The van der Waals surface area contributed by atoms with Crippen molar-refractivity contribution in [3.8, 4) is 0 Å². The van der Waals surface area contributed by atoms with Crippen LogP contribution in [0.4, 0.5) is 33.3 Å². The molecule has 89 heavy (non-hydrogen) atoms. The molecule has 0 radical (unpaired) electrons. The Morgan fingerprint density at radius 3 is 1.26 bits per heavy atom. The van der Waals surface area contributed by atoms with Crippen molar-refractivity contribution in [3.63, 3.8) is 0 Å². The first-order valence-electron chi connectivity index (χ1n) is 32.4. The standard InChI is InChI=1S/C37H46F3N3O2.C37H47F2N3O2/c1-4-5-6-7-28-8-12-31(13-9-28)36(45)43(34-21-24-42(25-22-34)23-20-27(2)3)26-29-10-18-33(19-11-29)41-35(44)30-14-16-32(17-15-30)37(38,39)40;1-5-6-7-8-28-10-14-30(15-11-28)37(44)42(32-20-23-41(24-21-32)22-19-26(2)3)25-29-12-16-31(17-13-29)40-36(43)33-18-9-27(4)34(38)35(33)39/h8-19,27,34H,4-7,20-26H2,1-3H3,(H,41,44);9-18,26,32H,5-8,19-25H2,1-4H3,(H,40,43). The molecule has 2 heterocycles. The molecule has 2 fully saturated rings. The molecule has 4 amide bonds. The van der Waals surface area contributed by atoms with Gasteiger partial charge in [-0.25, -0.2) is 8.78 Å². The number of aryl methyl sites for hydroxylation is 3. The molecule has 10 nitrogen and oxygen atoms in total. The molecule has 8 rings (SSSR count). The van der Waals surface area contributed by atoms with Crippen molar-refractivity contribution in [2.45, 2.75) is 170 Å². The molecular weight excluding hydrogens is 1130 g/mol. The maximum absolute atomic E-state index is 14.3. The van der Waals surface area contributed by atoms with Gasteiger partial charge in [0.25, 0.3) is 23.6 Å². The topological polar surface area (TPSA) is 105 Å². The van der Waals surface area contributed by atoms with Gasteiger partial charge in [0.15, 0.2) is 11.6 Å². The van der Waals surface area contributed by atoms with E-state index >= 15 is 0 Å². The lowest BCUT2D eigenvalue weighted by Gasteiger charge is -2.39. The minimum atomic E-state index is -4.46. The largest absolute Gasteiger partial charge is 0.416 e. The lowest BCUT2D eigenvalue weighted by Crippen LogP contribution is -2.47. The number of likely N-dealkylation sites (tertiary alicyclic amines) is 2. The van der Waals surface area contributed by atoms with Gasteiger partial charge in [-0.1, -0.05) is 122 Å². The first-order valence-corrected chi connectivity index (χ1v) is 32.4. The number of carbonyl (C=O) groups excluding carboxylic acids is 4. The Labute approximate surface area is 525 Å². The van der Waals surface area contributed by atoms with Gasteiger partial charge in [-0.3, -0.25) is 19.2 Å². The smallest absolute Gasteiger partial charge is 0.331 e. The van der Waals surface area contributed by atoms with Gasteiger partial charge in [0.05, 0.1) is 11.1 Å². The first-order chi connectivity index (χ1) is 42.7. The predicted molar refractivity (Wildman–Crippen MR) is 348 cm³/mol. The van der Waals surface area contributed by atoms with Crippen molar-refractivity contribution >= 4 is 35.0 Å². The van der Waals surface area contributed by atoms with E-state index in [1.165, 1.54) is 80.8 Å². The number of carbonyl (C=O) groups is 4. The van der Waals surface area contributed by atoms with Crippen molar-refractivity contribution in [2.24, 2.45) is 11.8 Å². The van der Waals surface area contributed by atoms with Crippen molar-refractivity contribution < 1.29 is 41.1 Å². The molecule has 2 aliphatic rings. The lowest BCUT2D eigenvalue weighted by molar-refractivity contribution is -0.137. The minimum absolute atomic E-state index is 0.0235. The van der Waals surface area contributed by atoms with Crippen LogP contribution in [-0.2, 0) is 32.1 Å². The van der Waals surface area contributed by atoms with Gasteiger partial charge in [-0.2, -0.15) is 13.2 Å². The van der Waals surface area contributed by atoms with Crippen LogP contribution in [0.15, 0.2) is 133 Å². The zero-order valence-corrected chi connectivity index (χ0v) is 53.4. The molecule has 0 spiro atoms. The monoisotopic (exact) mass is 1220 g/mol. The molecule has 15 heteroatoms. The van der Waals surface area contributed by atoms with E-state index in [0.717, 1.165) is 114 Å². The Balaban J connectivity index is 0.000000254. The second-order valence-corrected chi connectivity index (χ2v) is 25.1. The summed E-state index contributed by atoms with van der Waals surface area (Å²) < 4.78 is 67.0. The SMILES string of the molecule is CCCCCc1ccc(C(=O)N(Cc2ccc(NC(=O)c3ccc(C(F)(F)F)cc3)cc2)C2CCN(CCC(C)C)CC2)cc1.CCCCCc1ccc(C(=O)N(Cc2ccc(NC(=O)c3ccc(C)c(F)c3F)cc2)C2CCN(CCC(C)C)CC2)cc1. The zero-order chi connectivity index (χ0) is 64.0. The van der Waals surface area contributed by atoms with Crippen LogP contribution in [-0.4, -0.2) is 94.6 Å². The maximum Gasteiger partial charge on any atom is 0.416 e. The molecule has 6 aromatic rings. The van der Waals surface area contributed by atoms with E-state index in [1.54, 1.807) is 24.3 Å². The van der Waals surface area contributed by atoms with Crippen molar-refractivity contribution in [1.82, 2.24) is 19.6 Å². The third kappa shape index (κ3) is 21.2. The van der Waals surface area contributed by atoms with Crippen LogP contribution < -0.4 is 10.6 Å². The maximum atomic E-state index is 14.3. The number of alkyl halides is 3. The van der Waals surface area contributed by atoms with Crippen molar-refractivity contribution in [3.05, 3.63) is 201 Å². The fraction of sp³-hybridized carbons (Fsp3) is 0.459. The minimum Gasteiger partial charge on any atom is -0.331 e. The first kappa shape index (κ1) is 69.2. The summed E-state index contributed by atoms with van der Waals surface area (Å²) in [4.78, 5) is 62.2. The molecule has 0 unspecified atom stereocenters. The lowest BCUT2D eigenvalue weighted by atomic mass is 9.99. The van der Waals surface area contributed by atoms with Crippen molar-refractivity contribution in [2.75, 3.05) is 49.9 Å². The zero-order valence-electron chi connectivity index (χ0n) is 53.4. The van der Waals surface area contributed by atoms with Gasteiger partial charge < -0.3 is 30.2 Å². The molecule has 0 atom stereocenters. The molecule has 2 N–H and O–H groups in total. The number of nitrogens with zero attached hydrogens (tertiary/aromatic N) is 4.